The summed E-state index contributed by atoms with van der Waals surface area (Å²) in [4.78, 5) is 5.78. The van der Waals surface area contributed by atoms with Gasteiger partial charge in [-0.25, -0.2) is 0 Å². The third-order valence-electron chi connectivity index (χ3n) is 4.96. The number of anilines is 1. The maximum absolute atomic E-state index is 13.1. The molecule has 0 amide bonds. The summed E-state index contributed by atoms with van der Waals surface area (Å²) in [5.74, 6) is 0.383. The number of alkyl halides is 6. The minimum atomic E-state index is -4.96. The molecule has 0 fully saturated rings. The van der Waals surface area contributed by atoms with E-state index in [2.05, 4.69) is 10.1 Å². The predicted octanol–water partition coefficient (Wildman–Crippen LogP) is 5.35. The molecule has 4 rings (SSSR count). The summed E-state index contributed by atoms with van der Waals surface area (Å²) < 4.78 is 88.8. The average Bonchev–Trinajstić information content (AvgIpc) is 3.21. The van der Waals surface area contributed by atoms with Crippen LogP contribution in [0.15, 0.2) is 40.9 Å². The molecule has 5 nitrogen and oxygen atoms in total. The quantitative estimate of drug-likeness (QED) is 0.511. The van der Waals surface area contributed by atoms with Crippen molar-refractivity contribution in [1.82, 2.24) is 10.1 Å². The van der Waals surface area contributed by atoms with E-state index in [1.54, 1.807) is 18.1 Å². The van der Waals surface area contributed by atoms with Gasteiger partial charge in [0.05, 0.1) is 18.2 Å². The first kappa shape index (κ1) is 21.0. The van der Waals surface area contributed by atoms with Gasteiger partial charge in [-0.3, -0.25) is 0 Å². The van der Waals surface area contributed by atoms with Gasteiger partial charge in [0.1, 0.15) is 5.75 Å². The Kier molecular flexibility index (Phi) is 5.06. The number of hydrogen-bond acceptors (Lipinski definition) is 5. The van der Waals surface area contributed by atoms with E-state index in [0.717, 1.165) is 16.9 Å². The zero-order chi connectivity index (χ0) is 22.4. The Labute approximate surface area is 172 Å². The van der Waals surface area contributed by atoms with Crippen LogP contribution in [-0.4, -0.2) is 23.8 Å². The molecule has 1 aromatic heterocycles. The largest absolute Gasteiger partial charge is 0.497 e. The molecule has 164 valence electrons. The van der Waals surface area contributed by atoms with Crippen molar-refractivity contribution >= 4 is 5.95 Å². The number of ether oxygens (including phenoxy) is 1. The van der Waals surface area contributed by atoms with Gasteiger partial charge in [0.15, 0.2) is 0 Å². The van der Waals surface area contributed by atoms with E-state index in [9.17, 15) is 26.3 Å². The normalized spacial score (nSPS) is 14.5. The standard InChI is InChI=1S/C20H15F6N3O2/c1-30-16-3-2-12-10-29(5-4-11(12)8-16)18-27-17(31-28-18)13-6-14(19(21,22)23)9-15(7-13)20(24,25)26/h2-3,6-9H,4-5,10H2,1H3. The number of fused-ring (bicyclic) bond motifs is 1. The molecule has 0 atom stereocenters. The first-order valence-electron chi connectivity index (χ1n) is 9.09. The van der Waals surface area contributed by atoms with Crippen molar-refractivity contribution in [2.75, 3.05) is 18.6 Å². The van der Waals surface area contributed by atoms with Gasteiger partial charge in [-0.1, -0.05) is 6.07 Å². The second kappa shape index (κ2) is 7.47. The van der Waals surface area contributed by atoms with Gasteiger partial charge in [0.2, 0.25) is 0 Å². The van der Waals surface area contributed by atoms with Crippen molar-refractivity contribution in [1.29, 1.82) is 0 Å². The van der Waals surface area contributed by atoms with Gasteiger partial charge >= 0.3 is 12.4 Å². The van der Waals surface area contributed by atoms with Gasteiger partial charge in [-0.15, -0.1) is 0 Å². The number of rotatable bonds is 3. The lowest BCUT2D eigenvalue weighted by Crippen LogP contribution is -2.31. The highest BCUT2D eigenvalue weighted by molar-refractivity contribution is 5.58. The number of methoxy groups -OCH3 is 1. The van der Waals surface area contributed by atoms with Crippen LogP contribution in [0.4, 0.5) is 32.3 Å². The number of benzene rings is 2. The Bertz CT molecular complexity index is 1070. The van der Waals surface area contributed by atoms with Crippen LogP contribution >= 0.6 is 0 Å². The lowest BCUT2D eigenvalue weighted by Gasteiger charge is -2.27. The molecule has 0 spiro atoms. The highest BCUT2D eigenvalue weighted by atomic mass is 19.4. The maximum atomic E-state index is 13.1. The van der Waals surface area contributed by atoms with Crippen molar-refractivity contribution in [2.45, 2.75) is 25.3 Å². The van der Waals surface area contributed by atoms with Crippen molar-refractivity contribution in [3.05, 3.63) is 58.7 Å². The van der Waals surface area contributed by atoms with Gasteiger partial charge in [-0.05, 0) is 53.0 Å². The summed E-state index contributed by atoms with van der Waals surface area (Å²) >= 11 is 0. The minimum absolute atomic E-state index is 0.0522. The van der Waals surface area contributed by atoms with E-state index >= 15 is 0 Å². The maximum Gasteiger partial charge on any atom is 0.416 e. The van der Waals surface area contributed by atoms with Crippen molar-refractivity contribution in [3.8, 4) is 17.2 Å². The summed E-state index contributed by atoms with van der Waals surface area (Å²) in [5.41, 5.74) is -1.29. The summed E-state index contributed by atoms with van der Waals surface area (Å²) in [7, 11) is 1.57. The fourth-order valence-corrected chi connectivity index (χ4v) is 3.37. The molecular formula is C20H15F6N3O2. The molecular weight excluding hydrogens is 428 g/mol. The fourth-order valence-electron chi connectivity index (χ4n) is 3.37. The monoisotopic (exact) mass is 443 g/mol. The first-order valence-corrected chi connectivity index (χ1v) is 9.09. The Morgan fingerprint density at radius 2 is 1.61 bits per heavy atom. The van der Waals surface area contributed by atoms with Crippen LogP contribution in [0.1, 0.15) is 22.3 Å². The number of aromatic nitrogens is 2. The van der Waals surface area contributed by atoms with Crippen LogP contribution in [0.25, 0.3) is 11.5 Å². The van der Waals surface area contributed by atoms with Crippen LogP contribution in [0, 0.1) is 0 Å². The van der Waals surface area contributed by atoms with Crippen LogP contribution in [0.2, 0.25) is 0 Å². The molecule has 0 unspecified atom stereocenters. The van der Waals surface area contributed by atoms with Gasteiger partial charge < -0.3 is 14.2 Å². The molecule has 1 aliphatic heterocycles. The lowest BCUT2D eigenvalue weighted by atomic mass is 10.00. The van der Waals surface area contributed by atoms with E-state index in [4.69, 9.17) is 9.26 Å². The molecule has 0 saturated heterocycles. The molecule has 2 aromatic carbocycles. The second-order valence-corrected chi connectivity index (χ2v) is 7.00. The zero-order valence-corrected chi connectivity index (χ0v) is 16.0. The molecule has 2 heterocycles. The molecule has 3 aromatic rings. The second-order valence-electron chi connectivity index (χ2n) is 7.00. The smallest absolute Gasteiger partial charge is 0.416 e. The number of halogens is 6. The first-order chi connectivity index (χ1) is 14.5. The summed E-state index contributed by atoms with van der Waals surface area (Å²) in [6.07, 6.45) is -9.29. The highest BCUT2D eigenvalue weighted by Crippen LogP contribution is 2.38. The van der Waals surface area contributed by atoms with E-state index < -0.39 is 34.9 Å². The van der Waals surface area contributed by atoms with Crippen LogP contribution < -0.4 is 9.64 Å². The van der Waals surface area contributed by atoms with Crippen molar-refractivity contribution < 1.29 is 35.6 Å². The predicted molar refractivity (Wildman–Crippen MR) is 97.5 cm³/mol. The SMILES string of the molecule is COc1ccc2c(c1)CCN(c1noc(-c3cc(C(F)(F)F)cc(C(F)(F)F)c3)n1)C2. The molecule has 0 bridgehead atoms. The molecule has 1 aliphatic rings. The Morgan fingerprint density at radius 3 is 2.23 bits per heavy atom. The topological polar surface area (TPSA) is 51.4 Å². The summed E-state index contributed by atoms with van der Waals surface area (Å²) in [5, 5.41) is 3.76. The van der Waals surface area contributed by atoms with E-state index in [1.807, 2.05) is 12.1 Å². The van der Waals surface area contributed by atoms with Crippen LogP contribution in [0.5, 0.6) is 5.75 Å². The molecule has 0 saturated carbocycles. The summed E-state index contributed by atoms with van der Waals surface area (Å²) in [6.45, 7) is 0.907. The third kappa shape index (κ3) is 4.30. The van der Waals surface area contributed by atoms with Crippen LogP contribution in [-0.2, 0) is 25.3 Å². The average molecular weight is 443 g/mol. The lowest BCUT2D eigenvalue weighted by molar-refractivity contribution is -0.143. The Morgan fingerprint density at radius 1 is 0.935 bits per heavy atom. The summed E-state index contributed by atoms with van der Waals surface area (Å²) in [6, 6.07) is 6.76. The fraction of sp³-hybridized carbons (Fsp3) is 0.300. The van der Waals surface area contributed by atoms with Gasteiger partial charge in [0.25, 0.3) is 11.8 Å². The van der Waals surface area contributed by atoms with Gasteiger partial charge in [-0.2, -0.15) is 31.3 Å². The number of nitrogens with zero attached hydrogens (tertiary/aromatic N) is 3. The molecule has 11 heteroatoms. The van der Waals surface area contributed by atoms with Crippen molar-refractivity contribution in [3.63, 3.8) is 0 Å². The van der Waals surface area contributed by atoms with Crippen molar-refractivity contribution in [2.24, 2.45) is 0 Å². The van der Waals surface area contributed by atoms with Crippen LogP contribution in [0.3, 0.4) is 0 Å². The van der Waals surface area contributed by atoms with Gasteiger partial charge in [0, 0.05) is 18.7 Å². The molecule has 0 N–H and O–H groups in total. The Balaban J connectivity index is 1.64. The molecule has 0 aliphatic carbocycles. The van der Waals surface area contributed by atoms with E-state index in [1.165, 1.54) is 0 Å². The van der Waals surface area contributed by atoms with E-state index in [-0.39, 0.29) is 12.0 Å². The minimum Gasteiger partial charge on any atom is -0.497 e. The third-order valence-corrected chi connectivity index (χ3v) is 4.96. The molecule has 0 radical (unpaired) electrons. The zero-order valence-electron chi connectivity index (χ0n) is 16.0. The number of hydrogen-bond donors (Lipinski definition) is 0. The molecule has 31 heavy (non-hydrogen) atoms. The van der Waals surface area contributed by atoms with E-state index in [0.29, 0.717) is 31.6 Å². The highest BCUT2D eigenvalue weighted by Gasteiger charge is 2.37. The Hall–Kier alpha value is -3.24.